The van der Waals surface area contributed by atoms with E-state index in [0.29, 0.717) is 29.4 Å². The van der Waals surface area contributed by atoms with E-state index < -0.39 is 95.0 Å². The lowest BCUT2D eigenvalue weighted by Gasteiger charge is -2.48. The minimum Gasteiger partial charge on any atom is -0.457 e. The molecule has 3 N–H and O–H groups in total. The Morgan fingerprint density at radius 1 is 1.11 bits per heavy atom. The summed E-state index contributed by atoms with van der Waals surface area (Å²) >= 11 is 1.40. The van der Waals surface area contributed by atoms with E-state index in [4.69, 9.17) is 34.3 Å². The van der Waals surface area contributed by atoms with Gasteiger partial charge >= 0.3 is 11.9 Å². The normalized spacial score (nSPS) is 36.3. The van der Waals surface area contributed by atoms with Gasteiger partial charge in [-0.25, -0.2) is 19.2 Å². The second-order valence-corrected chi connectivity index (χ2v) is 19.7. The molecule has 0 aromatic carbocycles. The molecule has 0 radical (unpaired) electrons. The molecule has 17 nitrogen and oxygen atoms in total. The van der Waals surface area contributed by atoms with Crippen LogP contribution in [0, 0.1) is 23.7 Å². The number of aliphatic imine (C=N–C) groups is 1. The van der Waals surface area contributed by atoms with E-state index in [1.54, 1.807) is 38.4 Å². The predicted molar refractivity (Wildman–Crippen MR) is 246 cm³/mol. The molecule has 0 saturated carbocycles. The van der Waals surface area contributed by atoms with Gasteiger partial charge in [0, 0.05) is 48.0 Å². The van der Waals surface area contributed by atoms with Crippen LogP contribution >= 0.6 is 11.3 Å². The number of aromatic nitrogens is 2. The summed E-state index contributed by atoms with van der Waals surface area (Å²) in [7, 11) is 3.67. The summed E-state index contributed by atoms with van der Waals surface area (Å²) in [6.45, 7) is 15.5. The fourth-order valence-corrected chi connectivity index (χ4v) is 10.4. The number of nitrogens with zero attached hydrogens (tertiary/aromatic N) is 5. The molecule has 5 rings (SSSR count). The van der Waals surface area contributed by atoms with Crippen LogP contribution in [0.4, 0.5) is 10.2 Å². The summed E-state index contributed by atoms with van der Waals surface area (Å²) < 4.78 is 49.1. The van der Waals surface area contributed by atoms with E-state index in [2.05, 4.69) is 20.1 Å². The van der Waals surface area contributed by atoms with Crippen LogP contribution in [0.25, 0.3) is 10.6 Å². The van der Waals surface area contributed by atoms with E-state index in [1.165, 1.54) is 32.1 Å². The molecule has 2 aromatic rings. The van der Waals surface area contributed by atoms with Gasteiger partial charge in [-0.05, 0) is 97.9 Å². The molecule has 13 atom stereocenters. The Balaban J connectivity index is 1.69. The maximum absolute atomic E-state index is 17.1. The first kappa shape index (κ1) is 52.7. The third-order valence-corrected chi connectivity index (χ3v) is 14.2. The number of fused-ring (bicyclic) bond motifs is 5. The first-order valence-corrected chi connectivity index (χ1v) is 23.7. The molecule has 0 aliphatic carbocycles. The minimum atomic E-state index is -3.22. The number of thiazole rings is 1. The summed E-state index contributed by atoms with van der Waals surface area (Å²) in [5.74, 6) is -6.65. The molecule has 2 bridgehead atoms. The number of halogens is 1. The van der Waals surface area contributed by atoms with Crippen LogP contribution in [0.1, 0.15) is 113 Å². The molecule has 5 heterocycles. The number of nitrogens with two attached hydrogens (primary N) is 1. The van der Waals surface area contributed by atoms with Crippen LogP contribution in [0.2, 0.25) is 0 Å². The van der Waals surface area contributed by atoms with E-state index in [0.717, 1.165) is 17.5 Å². The highest BCUT2D eigenvalue weighted by molar-refractivity contribution is 7.13. The second kappa shape index (κ2) is 21.8. The number of rotatable bonds is 10. The van der Waals surface area contributed by atoms with Gasteiger partial charge in [0.2, 0.25) is 5.91 Å². The van der Waals surface area contributed by atoms with E-state index in [9.17, 15) is 24.3 Å². The van der Waals surface area contributed by atoms with Gasteiger partial charge in [0.25, 0.3) is 5.67 Å². The highest BCUT2D eigenvalue weighted by Gasteiger charge is 2.57. The number of ether oxygens (including phenoxy) is 5. The summed E-state index contributed by atoms with van der Waals surface area (Å²) in [6, 6.07) is 3.25. The highest BCUT2D eigenvalue weighted by Crippen LogP contribution is 2.43. The number of likely N-dealkylation sites (N-methyl/N-ethyl adjacent to an activating group) is 1. The van der Waals surface area contributed by atoms with Crippen molar-refractivity contribution in [3.63, 3.8) is 0 Å². The summed E-state index contributed by atoms with van der Waals surface area (Å²) in [6.07, 6.45) is -2.72. The monoisotopic (exact) mass is 944 g/mol. The van der Waals surface area contributed by atoms with Crippen LogP contribution in [0.5, 0.6) is 0 Å². The number of esters is 2. The van der Waals surface area contributed by atoms with E-state index in [1.807, 2.05) is 45.8 Å². The number of aliphatic hydroxyl groups is 1. The van der Waals surface area contributed by atoms with Crippen molar-refractivity contribution in [3.8, 4) is 10.6 Å². The Morgan fingerprint density at radius 2 is 1.82 bits per heavy atom. The molecule has 66 heavy (non-hydrogen) atoms. The van der Waals surface area contributed by atoms with Crippen molar-refractivity contribution in [2.24, 2.45) is 33.8 Å². The number of Topliss-reactive ketones (excluding diaryl/α,β-unsaturated/α-hetero) is 1. The van der Waals surface area contributed by atoms with Crippen molar-refractivity contribution in [1.82, 2.24) is 14.9 Å². The summed E-state index contributed by atoms with van der Waals surface area (Å²) in [5, 5.41) is 19.7. The number of anilines is 1. The van der Waals surface area contributed by atoms with Crippen LogP contribution in [-0.2, 0) is 54.3 Å². The predicted octanol–water partition coefficient (Wildman–Crippen LogP) is 6.29. The van der Waals surface area contributed by atoms with Gasteiger partial charge in [-0.1, -0.05) is 39.8 Å². The van der Waals surface area contributed by atoms with Crippen molar-refractivity contribution < 1.29 is 57.2 Å². The van der Waals surface area contributed by atoms with Crippen molar-refractivity contribution in [2.45, 2.75) is 168 Å². The topological polar surface area (TPSA) is 224 Å². The fraction of sp³-hybridized carbons (Fsp3) is 0.702. The minimum absolute atomic E-state index is 0.0203. The summed E-state index contributed by atoms with van der Waals surface area (Å²) in [5.41, 5.74) is 1.39. The number of cyclic esters (lactones) is 1. The zero-order valence-electron chi connectivity index (χ0n) is 40.4. The van der Waals surface area contributed by atoms with Crippen LogP contribution in [0.3, 0.4) is 0 Å². The average molecular weight is 945 g/mol. The molecule has 0 unspecified atom stereocenters. The lowest BCUT2D eigenvalue weighted by atomic mass is 9.68. The Hall–Kier alpha value is -4.27. The second-order valence-electron chi connectivity index (χ2n) is 18.9. The number of carbonyl (C=O) groups is 4. The quantitative estimate of drug-likeness (QED) is 0.152. The third-order valence-electron chi connectivity index (χ3n) is 13.3. The lowest BCUT2D eigenvalue weighted by molar-refractivity contribution is -0.299. The van der Waals surface area contributed by atoms with Gasteiger partial charge in [0.05, 0.1) is 41.9 Å². The Bertz CT molecular complexity index is 2100. The molecular formula is C47H69FN6O11S. The molecule has 366 valence electrons. The molecule has 1 amide bonds. The number of nitrogen functional groups attached to an aromatic ring is 1. The van der Waals surface area contributed by atoms with Gasteiger partial charge in [-0.15, -0.1) is 11.3 Å². The number of ketones is 1. The number of amides is 1. The lowest BCUT2D eigenvalue weighted by Crippen LogP contribution is -2.61. The molecule has 3 fully saturated rings. The van der Waals surface area contributed by atoms with Crippen LogP contribution < -0.4 is 5.73 Å². The number of hydrogen-bond acceptors (Lipinski definition) is 17. The van der Waals surface area contributed by atoms with Crippen molar-refractivity contribution in [3.05, 3.63) is 29.4 Å². The molecule has 3 aliphatic rings. The van der Waals surface area contributed by atoms with Crippen molar-refractivity contribution in [1.29, 1.82) is 0 Å². The van der Waals surface area contributed by atoms with E-state index >= 15 is 4.39 Å². The van der Waals surface area contributed by atoms with Gasteiger partial charge in [0.1, 0.15) is 22.5 Å². The van der Waals surface area contributed by atoms with Gasteiger partial charge in [-0.2, -0.15) is 0 Å². The Labute approximate surface area is 391 Å². The van der Waals surface area contributed by atoms with Crippen molar-refractivity contribution >= 4 is 52.2 Å². The molecule has 2 aromatic heterocycles. The van der Waals surface area contributed by atoms with E-state index in [-0.39, 0.29) is 51.2 Å². The van der Waals surface area contributed by atoms with Crippen molar-refractivity contribution in [2.75, 3.05) is 26.4 Å². The average Bonchev–Trinajstić information content (AvgIpc) is 3.69. The van der Waals surface area contributed by atoms with Gasteiger partial charge in [-0.3, -0.25) is 19.4 Å². The molecule has 3 saturated heterocycles. The zero-order chi connectivity index (χ0) is 48.9. The SMILES string of the molecule is CCC(=O)/N=C1\[C@H](C)C[C@@]2(C)OC/C(=N/OCc3ccc(-c4nc(N)cs4)cn3)CC[C@H]([C@H]1C)[C@](C)(O)[C@@H](CC)OC(=O)[C@@](C)(F)C(=O)[C@H](C)[C@H]2O[C@@H]1O[C@H](C)C[C@H](N(C)C)[C@H]1OC(C)=O. The number of pyridine rings is 1. The van der Waals surface area contributed by atoms with Crippen LogP contribution in [-0.4, -0.2) is 129 Å². The first-order valence-electron chi connectivity index (χ1n) is 22.8. The number of hydrogen-bond donors (Lipinski definition) is 2. The number of oxime groups is 1. The smallest absolute Gasteiger partial charge is 0.351 e. The molecule has 0 spiro atoms. The highest BCUT2D eigenvalue weighted by atomic mass is 32.1. The molecule has 3 aliphatic heterocycles. The van der Waals surface area contributed by atoms with Gasteiger partial charge in [0.15, 0.2) is 24.8 Å². The first-order chi connectivity index (χ1) is 30.9. The zero-order valence-corrected chi connectivity index (χ0v) is 41.2. The standard InChI is InChI=1S/C47H69FN6O11S/c1-13-35-47(10,59)33-18-17-32(53-61-23-31-16-15-30(21-50-31)42-51-36(49)24-66-42)22-60-45(8,20-25(3)38(27(33)5)52-37(56)14-2)41(28(6)40(57)46(9,48)44(58)64-35)65-43-39(63-29(7)55)34(54(11)12)19-26(4)62-43/h15-16,21,24-28,33-35,39,41,43,59H,13-14,17-20,22-23,49H2,1-12H3/b52-38+,53-32+/t25-,26-,27-,28+,33-,34+,35-,39-,41-,43+,45-,46+,47+/m1/s1. The Morgan fingerprint density at radius 3 is 2.41 bits per heavy atom. The number of carbonyl (C=O) groups excluding carboxylic acids is 4. The third kappa shape index (κ3) is 12.1. The largest absolute Gasteiger partial charge is 0.457 e. The summed E-state index contributed by atoms with van der Waals surface area (Å²) in [4.78, 5) is 76.0. The maximum Gasteiger partial charge on any atom is 0.351 e. The molecular weight excluding hydrogens is 876 g/mol. The fourth-order valence-electron chi connectivity index (χ4n) is 9.72. The maximum atomic E-state index is 17.1. The Kier molecular flexibility index (Phi) is 17.4. The number of alkyl halides is 1. The van der Waals surface area contributed by atoms with Gasteiger partial charge < -0.3 is 44.3 Å². The molecule has 19 heteroatoms. The van der Waals surface area contributed by atoms with Crippen LogP contribution in [0.15, 0.2) is 33.9 Å².